The van der Waals surface area contributed by atoms with Crippen molar-refractivity contribution in [3.05, 3.63) is 60.8 Å². The Morgan fingerprint density at radius 3 is 2.47 bits per heavy atom. The van der Waals surface area contributed by atoms with E-state index in [0.717, 1.165) is 48.9 Å². The van der Waals surface area contributed by atoms with Gasteiger partial charge in [-0.15, -0.1) is 0 Å². The topological polar surface area (TPSA) is 96.6 Å². The molecule has 1 aliphatic heterocycles. The molecule has 0 spiro atoms. The number of morpholine rings is 1. The molecule has 0 saturated carbocycles. The molecule has 1 fully saturated rings. The third-order valence-corrected chi connectivity index (χ3v) is 5.41. The summed E-state index contributed by atoms with van der Waals surface area (Å²) in [4.78, 5) is 24.5. The lowest BCUT2D eigenvalue weighted by molar-refractivity contribution is -0.116. The quantitative estimate of drug-likeness (QED) is 0.565. The summed E-state index contributed by atoms with van der Waals surface area (Å²) in [5, 5.41) is 3.28. The highest BCUT2D eigenvalue weighted by Crippen LogP contribution is 2.24. The van der Waals surface area contributed by atoms with Crippen LogP contribution in [0.1, 0.15) is 6.92 Å². The molecule has 3 aromatic rings. The Hall–Kier alpha value is -3.65. The zero-order chi connectivity index (χ0) is 22.3. The molecular formula is C24H28N6O2. The first-order chi connectivity index (χ1) is 15.6. The van der Waals surface area contributed by atoms with E-state index in [1.54, 1.807) is 6.20 Å². The average molecular weight is 433 g/mol. The summed E-state index contributed by atoms with van der Waals surface area (Å²) in [7, 11) is 0. The van der Waals surface area contributed by atoms with Crippen LogP contribution in [0.2, 0.25) is 0 Å². The highest BCUT2D eigenvalue weighted by atomic mass is 16.5. The zero-order valence-corrected chi connectivity index (χ0v) is 18.2. The molecule has 1 aromatic heterocycles. The Kier molecular flexibility index (Phi) is 6.81. The van der Waals surface area contributed by atoms with Gasteiger partial charge < -0.3 is 25.6 Å². The molecule has 0 bridgehead atoms. The average Bonchev–Trinajstić information content (AvgIpc) is 2.84. The van der Waals surface area contributed by atoms with Gasteiger partial charge in [-0.3, -0.25) is 4.79 Å². The summed E-state index contributed by atoms with van der Waals surface area (Å²) < 4.78 is 5.42. The van der Waals surface area contributed by atoms with Crippen LogP contribution >= 0.6 is 0 Å². The minimum absolute atomic E-state index is 0.196. The van der Waals surface area contributed by atoms with Gasteiger partial charge in [0.2, 0.25) is 11.9 Å². The third-order valence-electron chi connectivity index (χ3n) is 5.41. The van der Waals surface area contributed by atoms with E-state index in [4.69, 9.17) is 10.5 Å². The van der Waals surface area contributed by atoms with E-state index in [9.17, 15) is 4.79 Å². The number of nitrogens with one attached hydrogen (secondary N) is 1. The first-order valence-electron chi connectivity index (χ1n) is 10.8. The van der Waals surface area contributed by atoms with Crippen LogP contribution in [-0.2, 0) is 9.53 Å². The van der Waals surface area contributed by atoms with Gasteiger partial charge in [0.05, 0.1) is 25.5 Å². The van der Waals surface area contributed by atoms with Crippen molar-refractivity contribution in [1.82, 2.24) is 9.97 Å². The highest BCUT2D eigenvalue weighted by molar-refractivity contribution is 5.79. The number of carbonyl (C=O) groups is 1. The van der Waals surface area contributed by atoms with Gasteiger partial charge in [-0.25, -0.2) is 9.97 Å². The van der Waals surface area contributed by atoms with Crippen molar-refractivity contribution in [2.24, 2.45) is 5.73 Å². The van der Waals surface area contributed by atoms with E-state index < -0.39 is 0 Å². The SMILES string of the molecule is CCN(CC(N)=O)c1ccc(-c2ccnc(Nc3ccc(N4CCOCC4)cc3)n2)cc1. The predicted octanol–water partition coefficient (Wildman–Crippen LogP) is 3.04. The Morgan fingerprint density at radius 2 is 1.81 bits per heavy atom. The minimum Gasteiger partial charge on any atom is -0.378 e. The monoisotopic (exact) mass is 432 g/mol. The molecule has 0 unspecified atom stereocenters. The third kappa shape index (κ3) is 5.33. The molecule has 1 aliphatic rings. The lowest BCUT2D eigenvalue weighted by Gasteiger charge is -2.28. The van der Waals surface area contributed by atoms with Gasteiger partial charge in [-0.05, 0) is 49.4 Å². The van der Waals surface area contributed by atoms with E-state index in [1.807, 2.05) is 54.3 Å². The number of hydrogen-bond acceptors (Lipinski definition) is 7. The molecule has 166 valence electrons. The second kappa shape index (κ2) is 10.1. The van der Waals surface area contributed by atoms with Gasteiger partial charge in [0.25, 0.3) is 0 Å². The maximum atomic E-state index is 11.3. The number of nitrogens with zero attached hydrogens (tertiary/aromatic N) is 4. The van der Waals surface area contributed by atoms with Crippen LogP contribution in [0.25, 0.3) is 11.3 Å². The first kappa shape index (κ1) is 21.6. The molecule has 8 nitrogen and oxygen atoms in total. The van der Waals surface area contributed by atoms with E-state index in [-0.39, 0.29) is 12.5 Å². The number of ether oxygens (including phenoxy) is 1. The summed E-state index contributed by atoms with van der Waals surface area (Å²) in [5.74, 6) is 0.190. The van der Waals surface area contributed by atoms with Crippen LogP contribution in [0.15, 0.2) is 60.8 Å². The molecule has 4 rings (SSSR count). The number of likely N-dealkylation sites (N-methyl/N-ethyl adjacent to an activating group) is 1. The second-order valence-corrected chi connectivity index (χ2v) is 7.56. The fraction of sp³-hybridized carbons (Fsp3) is 0.292. The van der Waals surface area contributed by atoms with Crippen molar-refractivity contribution in [1.29, 1.82) is 0 Å². The number of nitrogens with two attached hydrogens (primary N) is 1. The van der Waals surface area contributed by atoms with E-state index in [0.29, 0.717) is 12.5 Å². The van der Waals surface area contributed by atoms with Crippen molar-refractivity contribution >= 4 is 28.9 Å². The predicted molar refractivity (Wildman–Crippen MR) is 127 cm³/mol. The van der Waals surface area contributed by atoms with Crippen LogP contribution in [0.4, 0.5) is 23.0 Å². The number of carbonyl (C=O) groups excluding carboxylic acids is 1. The van der Waals surface area contributed by atoms with E-state index in [2.05, 4.69) is 32.3 Å². The van der Waals surface area contributed by atoms with Crippen LogP contribution in [0, 0.1) is 0 Å². The Labute approximate surface area is 188 Å². The van der Waals surface area contributed by atoms with Gasteiger partial charge >= 0.3 is 0 Å². The van der Waals surface area contributed by atoms with Crippen molar-refractivity contribution in [2.45, 2.75) is 6.92 Å². The number of primary amides is 1. The number of benzene rings is 2. The molecule has 32 heavy (non-hydrogen) atoms. The first-order valence-corrected chi connectivity index (χ1v) is 10.8. The fourth-order valence-electron chi connectivity index (χ4n) is 3.70. The van der Waals surface area contributed by atoms with Gasteiger partial charge in [0, 0.05) is 48.5 Å². The standard InChI is InChI=1S/C24H28N6O2/c1-2-29(17-23(25)31)20-7-3-18(4-8-20)22-11-12-26-24(28-22)27-19-5-9-21(10-6-19)30-13-15-32-16-14-30/h3-12H,2,13-17H2,1H3,(H2,25,31)(H,26,27,28). The molecule has 8 heteroatoms. The maximum Gasteiger partial charge on any atom is 0.236 e. The molecule has 0 aliphatic carbocycles. The van der Waals surface area contributed by atoms with Gasteiger partial charge in [-0.2, -0.15) is 0 Å². The number of amides is 1. The maximum absolute atomic E-state index is 11.3. The Bertz CT molecular complexity index is 1030. The van der Waals surface area contributed by atoms with Crippen molar-refractivity contribution in [2.75, 3.05) is 54.5 Å². The van der Waals surface area contributed by atoms with Crippen LogP contribution in [0.3, 0.4) is 0 Å². The molecule has 2 aromatic carbocycles. The van der Waals surface area contributed by atoms with Gasteiger partial charge in [0.15, 0.2) is 0 Å². The Morgan fingerprint density at radius 1 is 1.09 bits per heavy atom. The molecule has 1 amide bonds. The van der Waals surface area contributed by atoms with E-state index in [1.165, 1.54) is 5.69 Å². The minimum atomic E-state index is -0.347. The molecule has 2 heterocycles. The largest absolute Gasteiger partial charge is 0.378 e. The number of aromatic nitrogens is 2. The summed E-state index contributed by atoms with van der Waals surface area (Å²) in [5.41, 5.74) is 10.2. The lowest BCUT2D eigenvalue weighted by atomic mass is 10.1. The van der Waals surface area contributed by atoms with Gasteiger partial charge in [-0.1, -0.05) is 12.1 Å². The van der Waals surface area contributed by atoms with Crippen molar-refractivity contribution < 1.29 is 9.53 Å². The van der Waals surface area contributed by atoms with Crippen molar-refractivity contribution in [3.63, 3.8) is 0 Å². The van der Waals surface area contributed by atoms with Crippen LogP contribution in [-0.4, -0.2) is 55.3 Å². The summed E-state index contributed by atoms with van der Waals surface area (Å²) in [6.45, 7) is 6.25. The molecular weight excluding hydrogens is 404 g/mol. The second-order valence-electron chi connectivity index (χ2n) is 7.56. The smallest absolute Gasteiger partial charge is 0.236 e. The molecule has 3 N–H and O–H groups in total. The van der Waals surface area contributed by atoms with Crippen LogP contribution in [0.5, 0.6) is 0 Å². The summed E-state index contributed by atoms with van der Waals surface area (Å²) in [6.07, 6.45) is 1.74. The molecule has 1 saturated heterocycles. The van der Waals surface area contributed by atoms with Crippen LogP contribution < -0.4 is 20.9 Å². The fourth-order valence-corrected chi connectivity index (χ4v) is 3.70. The molecule has 0 radical (unpaired) electrons. The number of rotatable bonds is 8. The Balaban J connectivity index is 1.44. The number of hydrogen-bond donors (Lipinski definition) is 2. The summed E-state index contributed by atoms with van der Waals surface area (Å²) >= 11 is 0. The van der Waals surface area contributed by atoms with Crippen molar-refractivity contribution in [3.8, 4) is 11.3 Å². The highest BCUT2D eigenvalue weighted by Gasteiger charge is 2.11. The normalized spacial score (nSPS) is 13.6. The summed E-state index contributed by atoms with van der Waals surface area (Å²) in [6, 6.07) is 18.1. The number of anilines is 4. The van der Waals surface area contributed by atoms with Gasteiger partial charge in [0.1, 0.15) is 0 Å². The zero-order valence-electron chi connectivity index (χ0n) is 18.2. The molecule has 0 atom stereocenters. The lowest BCUT2D eigenvalue weighted by Crippen LogP contribution is -2.36. The van der Waals surface area contributed by atoms with E-state index >= 15 is 0 Å².